The first-order chi connectivity index (χ1) is 19.0. The summed E-state index contributed by atoms with van der Waals surface area (Å²) in [6.45, 7) is 0. The highest BCUT2D eigenvalue weighted by Gasteiger charge is 2.69. The lowest BCUT2D eigenvalue weighted by molar-refractivity contribution is -0.123. The van der Waals surface area contributed by atoms with Crippen LogP contribution >= 0.6 is 34.7 Å². The lowest BCUT2D eigenvalue weighted by Gasteiger charge is -2.43. The number of hydrogen-bond donors (Lipinski definition) is 0. The molecular formula is C31H23ClN2O3S2. The second-order valence-electron chi connectivity index (χ2n) is 10.9. The van der Waals surface area contributed by atoms with E-state index in [-0.39, 0.29) is 57.4 Å². The number of carbonyl (C=O) groups is 2. The van der Waals surface area contributed by atoms with Crippen molar-refractivity contribution in [2.24, 2.45) is 29.6 Å². The number of carbonyl (C=O) groups excluding carboxylic acids is 2. The van der Waals surface area contributed by atoms with Gasteiger partial charge in [-0.1, -0.05) is 71.5 Å². The van der Waals surface area contributed by atoms with Gasteiger partial charge in [0.1, 0.15) is 0 Å². The Balaban J connectivity index is 1.26. The number of thiazole rings is 1. The van der Waals surface area contributed by atoms with Gasteiger partial charge in [0.15, 0.2) is 0 Å². The van der Waals surface area contributed by atoms with Gasteiger partial charge >= 0.3 is 4.87 Å². The molecule has 5 nitrogen and oxygen atoms in total. The van der Waals surface area contributed by atoms with Gasteiger partial charge in [0.2, 0.25) is 11.8 Å². The van der Waals surface area contributed by atoms with Crippen molar-refractivity contribution in [3.05, 3.63) is 110 Å². The van der Waals surface area contributed by atoms with Crippen LogP contribution in [0.5, 0.6) is 0 Å². The molecule has 2 amide bonds. The summed E-state index contributed by atoms with van der Waals surface area (Å²) in [5.41, 5.74) is 2.63. The molecule has 2 aliphatic carbocycles. The molecule has 0 unspecified atom stereocenters. The maximum Gasteiger partial charge on any atom is 0.312 e. The third-order valence-electron chi connectivity index (χ3n) is 9.13. The number of rotatable bonds is 3. The molecule has 1 saturated heterocycles. The molecule has 8 heteroatoms. The SMILES string of the molecule is O=C1[C@H]2[C@@H]3C[C@@H]([C@@H]2C(=O)N1c1ccc(Cl)cc1)[C@@H]1[C@H](c2ccccc2)c2sc(=O)n(-c4ccccc4)c2S[C@H]31. The van der Waals surface area contributed by atoms with Crippen LogP contribution in [-0.4, -0.2) is 21.6 Å². The van der Waals surface area contributed by atoms with E-state index in [1.807, 2.05) is 53.1 Å². The van der Waals surface area contributed by atoms with Gasteiger partial charge in [-0.2, -0.15) is 0 Å². The Morgan fingerprint density at radius 1 is 0.744 bits per heavy atom. The molecule has 4 aliphatic rings. The summed E-state index contributed by atoms with van der Waals surface area (Å²) in [4.78, 5) is 43.7. The Kier molecular flexibility index (Phi) is 5.28. The zero-order valence-corrected chi connectivity index (χ0v) is 23.0. The standard InChI is InChI=1S/C31H23ClN2O3S2/c32-17-11-13-19(14-12-17)33-28(35)24-20-15-21(25(24)29(33)36)26-23(20)22(16-7-3-1-4-8-16)27-30(38-26)34(31(37)39-27)18-9-5-2-6-10-18/h1-14,20-26H,15H2/t20-,21+,22+,23-,24+,25+,26-/m1/s1. The van der Waals surface area contributed by atoms with Crippen molar-refractivity contribution >= 4 is 52.2 Å². The predicted molar refractivity (Wildman–Crippen MR) is 154 cm³/mol. The largest absolute Gasteiger partial charge is 0.312 e. The van der Waals surface area contributed by atoms with Crippen LogP contribution in [0.3, 0.4) is 0 Å². The van der Waals surface area contributed by atoms with Crippen LogP contribution in [-0.2, 0) is 9.59 Å². The molecule has 7 atom stereocenters. The Hall–Kier alpha value is -3.13. The highest BCUT2D eigenvalue weighted by molar-refractivity contribution is 8.00. The summed E-state index contributed by atoms with van der Waals surface area (Å²) in [6.07, 6.45) is 0.872. The van der Waals surface area contributed by atoms with Crippen molar-refractivity contribution in [2.75, 3.05) is 4.90 Å². The van der Waals surface area contributed by atoms with Crippen LogP contribution in [0.1, 0.15) is 22.8 Å². The van der Waals surface area contributed by atoms with E-state index in [0.717, 1.165) is 22.0 Å². The van der Waals surface area contributed by atoms with E-state index in [1.165, 1.54) is 21.8 Å². The number of nitrogens with zero attached hydrogens (tertiary/aromatic N) is 2. The smallest absolute Gasteiger partial charge is 0.274 e. The van der Waals surface area contributed by atoms with Crippen molar-refractivity contribution in [2.45, 2.75) is 22.6 Å². The zero-order valence-electron chi connectivity index (χ0n) is 20.6. The fourth-order valence-corrected chi connectivity index (χ4v) is 11.0. The van der Waals surface area contributed by atoms with Crippen molar-refractivity contribution in [1.29, 1.82) is 0 Å². The number of hydrogen-bond acceptors (Lipinski definition) is 5. The first-order valence-corrected chi connectivity index (χ1v) is 15.3. The first-order valence-electron chi connectivity index (χ1n) is 13.2. The molecule has 0 radical (unpaired) electrons. The van der Waals surface area contributed by atoms with E-state index >= 15 is 0 Å². The first kappa shape index (κ1) is 23.7. The lowest BCUT2D eigenvalue weighted by Crippen LogP contribution is -2.43. The Labute approximate surface area is 238 Å². The van der Waals surface area contributed by atoms with E-state index in [9.17, 15) is 14.4 Å². The molecule has 0 N–H and O–H groups in total. The maximum atomic E-state index is 13.9. The molecule has 194 valence electrons. The summed E-state index contributed by atoms with van der Waals surface area (Å²) in [7, 11) is 0. The summed E-state index contributed by atoms with van der Waals surface area (Å²) >= 11 is 9.17. The van der Waals surface area contributed by atoms with Gasteiger partial charge in [0.25, 0.3) is 0 Å². The fraction of sp³-hybridized carbons (Fsp3) is 0.258. The van der Waals surface area contributed by atoms with Crippen molar-refractivity contribution in [3.63, 3.8) is 0 Å². The Bertz CT molecular complexity index is 1680. The van der Waals surface area contributed by atoms with Crippen molar-refractivity contribution in [1.82, 2.24) is 4.57 Å². The number of fused-ring (bicyclic) bond motifs is 9. The van der Waals surface area contributed by atoms with Gasteiger partial charge < -0.3 is 0 Å². The molecule has 2 saturated carbocycles. The number of halogens is 1. The van der Waals surface area contributed by atoms with Crippen LogP contribution in [0, 0.1) is 29.6 Å². The molecule has 4 aromatic rings. The third-order valence-corrected chi connectivity index (χ3v) is 12.1. The third kappa shape index (κ3) is 3.30. The minimum absolute atomic E-state index is 0.00760. The van der Waals surface area contributed by atoms with Crippen LogP contribution in [0.2, 0.25) is 5.02 Å². The second-order valence-corrected chi connectivity index (χ2v) is 13.5. The predicted octanol–water partition coefficient (Wildman–Crippen LogP) is 6.23. The maximum absolute atomic E-state index is 13.9. The number of amides is 2. The number of imide groups is 1. The van der Waals surface area contributed by atoms with Gasteiger partial charge in [-0.3, -0.25) is 23.9 Å². The van der Waals surface area contributed by atoms with Gasteiger partial charge in [-0.25, -0.2) is 0 Å². The van der Waals surface area contributed by atoms with Crippen LogP contribution in [0.15, 0.2) is 94.7 Å². The molecule has 2 aliphatic heterocycles. The quantitative estimate of drug-likeness (QED) is 0.274. The average molecular weight is 571 g/mol. The van der Waals surface area contributed by atoms with Crippen LogP contribution in [0.4, 0.5) is 5.69 Å². The average Bonchev–Trinajstić information content (AvgIpc) is 3.68. The molecule has 39 heavy (non-hydrogen) atoms. The van der Waals surface area contributed by atoms with Crippen molar-refractivity contribution < 1.29 is 9.59 Å². The molecule has 3 heterocycles. The summed E-state index contributed by atoms with van der Waals surface area (Å²) in [6, 6.07) is 27.1. The molecule has 2 bridgehead atoms. The van der Waals surface area contributed by atoms with E-state index < -0.39 is 0 Å². The molecule has 3 fully saturated rings. The van der Waals surface area contributed by atoms with E-state index in [1.54, 1.807) is 36.0 Å². The summed E-state index contributed by atoms with van der Waals surface area (Å²) < 4.78 is 1.85. The molecule has 8 rings (SSSR count). The number of thioether (sulfide) groups is 1. The monoisotopic (exact) mass is 570 g/mol. The van der Waals surface area contributed by atoms with Gasteiger partial charge in [0.05, 0.1) is 28.2 Å². The van der Waals surface area contributed by atoms with E-state index in [0.29, 0.717) is 10.7 Å². The molecule has 1 aromatic heterocycles. The molecule has 0 spiro atoms. The minimum Gasteiger partial charge on any atom is -0.274 e. The Morgan fingerprint density at radius 2 is 1.38 bits per heavy atom. The summed E-state index contributed by atoms with van der Waals surface area (Å²) in [5.74, 6) is -0.447. The number of para-hydroxylation sites is 1. The second kappa shape index (κ2) is 8.68. The minimum atomic E-state index is -0.319. The normalized spacial score (nSPS) is 30.4. The molecular weight excluding hydrogens is 548 g/mol. The van der Waals surface area contributed by atoms with Gasteiger partial charge in [-0.05, 0) is 66.1 Å². The topological polar surface area (TPSA) is 59.4 Å². The number of aromatic nitrogens is 1. The highest BCUT2D eigenvalue weighted by atomic mass is 35.5. The fourth-order valence-electron chi connectivity index (χ4n) is 7.75. The Morgan fingerprint density at radius 3 is 2.08 bits per heavy atom. The van der Waals surface area contributed by atoms with Crippen LogP contribution in [0.25, 0.3) is 5.69 Å². The van der Waals surface area contributed by atoms with Crippen LogP contribution < -0.4 is 9.77 Å². The lowest BCUT2D eigenvalue weighted by atomic mass is 9.68. The molecule has 3 aromatic carbocycles. The van der Waals surface area contributed by atoms with E-state index in [4.69, 9.17) is 11.6 Å². The van der Waals surface area contributed by atoms with E-state index in [2.05, 4.69) is 12.1 Å². The van der Waals surface area contributed by atoms with Gasteiger partial charge in [-0.15, -0.1) is 11.8 Å². The highest BCUT2D eigenvalue weighted by Crippen LogP contribution is 2.69. The number of anilines is 1. The number of benzene rings is 3. The zero-order chi connectivity index (χ0) is 26.4. The van der Waals surface area contributed by atoms with Gasteiger partial charge in [0, 0.05) is 21.1 Å². The van der Waals surface area contributed by atoms with Crippen molar-refractivity contribution in [3.8, 4) is 5.69 Å². The summed E-state index contributed by atoms with van der Waals surface area (Å²) in [5, 5.41) is 1.71.